The molecule has 0 atom stereocenters. The van der Waals surface area contributed by atoms with Gasteiger partial charge in [0.2, 0.25) is 5.96 Å². The van der Waals surface area contributed by atoms with Crippen LogP contribution in [-0.4, -0.2) is 11.7 Å². The highest BCUT2D eigenvalue weighted by molar-refractivity contribution is 5.86. The number of hydrogen-bond donors (Lipinski definition) is 3. The van der Waals surface area contributed by atoms with E-state index in [1.807, 2.05) is 0 Å². The van der Waals surface area contributed by atoms with E-state index in [2.05, 4.69) is 10.5 Å². The average Bonchev–Trinajstić information content (AvgIpc) is 2.03. The topological polar surface area (TPSA) is 74.3 Å². The molecule has 1 saturated carbocycles. The predicted molar refractivity (Wildman–Crippen MR) is 45.6 cm³/mol. The maximum atomic E-state index is 6.87. The Kier molecular flexibility index (Phi) is 2.89. The van der Waals surface area contributed by atoms with Gasteiger partial charge in [-0.2, -0.15) is 5.10 Å². The summed E-state index contributed by atoms with van der Waals surface area (Å²) in [6.07, 6.45) is 5.86. The van der Waals surface area contributed by atoms with Crippen molar-refractivity contribution in [2.75, 3.05) is 0 Å². The SMILES string of the molecule is N=C(N)NN=C1CCCCC1. The van der Waals surface area contributed by atoms with Crippen molar-refractivity contribution in [1.29, 1.82) is 5.41 Å². The van der Waals surface area contributed by atoms with Crippen LogP contribution in [0, 0.1) is 5.41 Å². The summed E-state index contributed by atoms with van der Waals surface area (Å²) in [5, 5.41) is 10.9. The van der Waals surface area contributed by atoms with E-state index in [1.165, 1.54) is 19.3 Å². The lowest BCUT2D eigenvalue weighted by atomic mass is 9.99. The molecule has 0 aromatic rings. The number of nitrogens with zero attached hydrogens (tertiary/aromatic N) is 1. The molecule has 0 aliphatic heterocycles. The molecular formula is C7H14N4. The van der Waals surface area contributed by atoms with Gasteiger partial charge >= 0.3 is 0 Å². The van der Waals surface area contributed by atoms with Gasteiger partial charge in [0.15, 0.2) is 0 Å². The molecule has 0 amide bonds. The van der Waals surface area contributed by atoms with Crippen LogP contribution in [0.2, 0.25) is 0 Å². The molecule has 1 aliphatic rings. The van der Waals surface area contributed by atoms with E-state index in [-0.39, 0.29) is 5.96 Å². The van der Waals surface area contributed by atoms with Crippen LogP contribution in [0.15, 0.2) is 5.10 Å². The molecule has 4 nitrogen and oxygen atoms in total. The van der Waals surface area contributed by atoms with E-state index in [9.17, 15) is 0 Å². The molecule has 62 valence electrons. The van der Waals surface area contributed by atoms with Crippen LogP contribution >= 0.6 is 0 Å². The lowest BCUT2D eigenvalue weighted by molar-refractivity contribution is 0.661. The van der Waals surface area contributed by atoms with Gasteiger partial charge in [0, 0.05) is 5.71 Å². The summed E-state index contributed by atoms with van der Waals surface area (Å²) in [5.74, 6) is -0.0805. The summed E-state index contributed by atoms with van der Waals surface area (Å²) in [6.45, 7) is 0. The van der Waals surface area contributed by atoms with Crippen LogP contribution < -0.4 is 11.2 Å². The fourth-order valence-electron chi connectivity index (χ4n) is 1.21. The lowest BCUT2D eigenvalue weighted by Crippen LogP contribution is -2.27. The maximum absolute atomic E-state index is 6.87. The number of nitrogens with one attached hydrogen (secondary N) is 2. The minimum atomic E-state index is -0.0805. The summed E-state index contributed by atoms with van der Waals surface area (Å²) in [5.41, 5.74) is 8.68. The van der Waals surface area contributed by atoms with Gasteiger partial charge in [-0.15, -0.1) is 0 Å². The number of guanidine groups is 1. The molecule has 4 heteroatoms. The van der Waals surface area contributed by atoms with Crippen LogP contribution in [0.1, 0.15) is 32.1 Å². The van der Waals surface area contributed by atoms with Gasteiger partial charge in [0.1, 0.15) is 0 Å². The van der Waals surface area contributed by atoms with Crippen LogP contribution in [0.3, 0.4) is 0 Å². The van der Waals surface area contributed by atoms with Gasteiger partial charge in [-0.3, -0.25) is 5.41 Å². The molecule has 1 fully saturated rings. The van der Waals surface area contributed by atoms with E-state index in [0.29, 0.717) is 0 Å². The first-order valence-corrected chi connectivity index (χ1v) is 3.94. The Bertz CT molecular complexity index is 165. The van der Waals surface area contributed by atoms with Gasteiger partial charge < -0.3 is 5.73 Å². The van der Waals surface area contributed by atoms with E-state index in [1.54, 1.807) is 0 Å². The molecule has 0 aromatic heterocycles. The van der Waals surface area contributed by atoms with Crippen molar-refractivity contribution in [3.8, 4) is 0 Å². The highest BCUT2D eigenvalue weighted by Gasteiger charge is 2.05. The predicted octanol–water partition coefficient (Wildman–Crippen LogP) is 0.790. The van der Waals surface area contributed by atoms with Crippen molar-refractivity contribution < 1.29 is 0 Å². The number of hydrogen-bond acceptors (Lipinski definition) is 2. The van der Waals surface area contributed by atoms with Crippen LogP contribution in [0.4, 0.5) is 0 Å². The first kappa shape index (κ1) is 8.04. The largest absolute Gasteiger partial charge is 0.369 e. The zero-order chi connectivity index (χ0) is 8.10. The Morgan fingerprint density at radius 1 is 1.36 bits per heavy atom. The fourth-order valence-corrected chi connectivity index (χ4v) is 1.21. The summed E-state index contributed by atoms with van der Waals surface area (Å²) >= 11 is 0. The van der Waals surface area contributed by atoms with Crippen LogP contribution in [-0.2, 0) is 0 Å². The van der Waals surface area contributed by atoms with E-state index in [4.69, 9.17) is 11.1 Å². The van der Waals surface area contributed by atoms with Gasteiger partial charge in [0.25, 0.3) is 0 Å². The molecule has 0 saturated heterocycles. The third kappa shape index (κ3) is 3.02. The molecule has 0 radical (unpaired) electrons. The smallest absolute Gasteiger partial charge is 0.206 e. The average molecular weight is 154 g/mol. The molecule has 0 aromatic carbocycles. The summed E-state index contributed by atoms with van der Waals surface area (Å²) in [6, 6.07) is 0. The third-order valence-electron chi connectivity index (χ3n) is 1.77. The Balaban J connectivity index is 2.32. The Labute approximate surface area is 66.4 Å². The highest BCUT2D eigenvalue weighted by Crippen LogP contribution is 2.13. The first-order valence-electron chi connectivity index (χ1n) is 3.94. The first-order chi connectivity index (χ1) is 5.29. The van der Waals surface area contributed by atoms with Crippen molar-refractivity contribution in [3.05, 3.63) is 0 Å². The number of rotatable bonds is 1. The molecule has 0 unspecified atom stereocenters. The number of nitrogens with two attached hydrogens (primary N) is 1. The fraction of sp³-hybridized carbons (Fsp3) is 0.714. The third-order valence-corrected chi connectivity index (χ3v) is 1.77. The van der Waals surface area contributed by atoms with Crippen LogP contribution in [0.5, 0.6) is 0 Å². The minimum Gasteiger partial charge on any atom is -0.369 e. The van der Waals surface area contributed by atoms with Crippen molar-refractivity contribution in [3.63, 3.8) is 0 Å². The van der Waals surface area contributed by atoms with Gasteiger partial charge in [-0.05, 0) is 25.7 Å². The second-order valence-corrected chi connectivity index (χ2v) is 2.76. The Morgan fingerprint density at radius 2 is 2.00 bits per heavy atom. The molecule has 0 bridgehead atoms. The normalized spacial score (nSPS) is 17.6. The van der Waals surface area contributed by atoms with Crippen molar-refractivity contribution in [1.82, 2.24) is 5.43 Å². The Morgan fingerprint density at radius 3 is 2.55 bits per heavy atom. The van der Waals surface area contributed by atoms with Crippen LogP contribution in [0.25, 0.3) is 0 Å². The van der Waals surface area contributed by atoms with E-state index >= 15 is 0 Å². The van der Waals surface area contributed by atoms with Crippen molar-refractivity contribution in [2.24, 2.45) is 10.8 Å². The van der Waals surface area contributed by atoms with Crippen molar-refractivity contribution in [2.45, 2.75) is 32.1 Å². The summed E-state index contributed by atoms with van der Waals surface area (Å²) in [7, 11) is 0. The molecule has 0 heterocycles. The molecule has 0 spiro atoms. The lowest BCUT2D eigenvalue weighted by Gasteiger charge is -2.11. The zero-order valence-electron chi connectivity index (χ0n) is 6.56. The zero-order valence-corrected chi connectivity index (χ0v) is 6.56. The molecule has 11 heavy (non-hydrogen) atoms. The molecule has 4 N–H and O–H groups in total. The highest BCUT2D eigenvalue weighted by atomic mass is 15.3. The van der Waals surface area contributed by atoms with E-state index in [0.717, 1.165) is 18.6 Å². The van der Waals surface area contributed by atoms with Crippen molar-refractivity contribution >= 4 is 11.7 Å². The number of hydrazone groups is 1. The van der Waals surface area contributed by atoms with Gasteiger partial charge in [-0.1, -0.05) is 6.42 Å². The molecular weight excluding hydrogens is 140 g/mol. The molecule has 1 rings (SSSR count). The second-order valence-electron chi connectivity index (χ2n) is 2.76. The van der Waals surface area contributed by atoms with Gasteiger partial charge in [-0.25, -0.2) is 5.43 Å². The Hall–Kier alpha value is -1.06. The minimum absolute atomic E-state index is 0.0805. The summed E-state index contributed by atoms with van der Waals surface area (Å²) < 4.78 is 0. The standard InChI is InChI=1S/C7H14N4/c8-7(9)11-10-6-4-2-1-3-5-6/h1-5H2,(H4,8,9,11). The maximum Gasteiger partial charge on any atom is 0.206 e. The molecule has 1 aliphatic carbocycles. The van der Waals surface area contributed by atoms with E-state index < -0.39 is 0 Å². The second kappa shape index (κ2) is 3.95. The monoisotopic (exact) mass is 154 g/mol. The quantitative estimate of drug-likeness (QED) is 0.297. The summed E-state index contributed by atoms with van der Waals surface area (Å²) in [4.78, 5) is 0. The van der Waals surface area contributed by atoms with Gasteiger partial charge in [0.05, 0.1) is 0 Å².